The normalized spacial score (nSPS) is 23.4. The van der Waals surface area contributed by atoms with E-state index in [4.69, 9.17) is 11.6 Å². The molecule has 1 aliphatic carbocycles. The van der Waals surface area contributed by atoms with E-state index in [1.54, 1.807) is 0 Å². The van der Waals surface area contributed by atoms with E-state index >= 15 is 0 Å². The number of halogens is 1. The zero-order chi connectivity index (χ0) is 19.3. The van der Waals surface area contributed by atoms with Crippen LogP contribution in [0.2, 0.25) is 5.02 Å². The third-order valence-corrected chi connectivity index (χ3v) is 6.50. The van der Waals surface area contributed by atoms with Crippen LogP contribution in [0.3, 0.4) is 0 Å². The van der Waals surface area contributed by atoms with E-state index in [0.29, 0.717) is 5.92 Å². The molecule has 0 N–H and O–H groups in total. The minimum absolute atomic E-state index is 0.0302. The number of carbonyl (C=O) groups is 1. The third kappa shape index (κ3) is 2.84. The van der Waals surface area contributed by atoms with Crippen molar-refractivity contribution in [2.75, 3.05) is 11.4 Å². The van der Waals surface area contributed by atoms with Crippen LogP contribution in [-0.4, -0.2) is 12.5 Å². The Morgan fingerprint density at radius 1 is 0.964 bits per heavy atom. The van der Waals surface area contributed by atoms with Gasteiger partial charge in [-0.15, -0.1) is 0 Å². The standard InChI is InChI=1S/C25H22ClNO/c1-16-7-10-21(11-8-16)27-15-19-13-18-14-20(26)9-12-22(18)23(24(19)25(27)28)17-5-3-2-4-6-17/h2-12,14,19,23-24H,13,15H2,1H3. The first kappa shape index (κ1) is 17.5. The Balaban J connectivity index is 1.60. The Morgan fingerprint density at radius 3 is 2.46 bits per heavy atom. The van der Waals surface area contributed by atoms with Crippen LogP contribution >= 0.6 is 11.6 Å². The Kier molecular flexibility index (Phi) is 4.25. The number of hydrogen-bond acceptors (Lipinski definition) is 1. The van der Waals surface area contributed by atoms with E-state index in [2.05, 4.69) is 67.6 Å². The smallest absolute Gasteiger partial charge is 0.231 e. The Labute approximate surface area is 170 Å². The van der Waals surface area contributed by atoms with Crippen LogP contribution < -0.4 is 4.90 Å². The van der Waals surface area contributed by atoms with Crippen LogP contribution in [0, 0.1) is 18.8 Å². The summed E-state index contributed by atoms with van der Waals surface area (Å²) in [6, 6.07) is 24.9. The van der Waals surface area contributed by atoms with Crippen LogP contribution in [0.5, 0.6) is 0 Å². The molecule has 1 aliphatic heterocycles. The van der Waals surface area contributed by atoms with E-state index in [-0.39, 0.29) is 17.7 Å². The maximum Gasteiger partial charge on any atom is 0.231 e. The van der Waals surface area contributed by atoms with Crippen molar-refractivity contribution in [1.82, 2.24) is 0 Å². The van der Waals surface area contributed by atoms with Crippen LogP contribution in [0.1, 0.15) is 28.2 Å². The van der Waals surface area contributed by atoms with Gasteiger partial charge in [-0.3, -0.25) is 4.79 Å². The van der Waals surface area contributed by atoms with Crippen molar-refractivity contribution in [3.63, 3.8) is 0 Å². The molecule has 1 heterocycles. The molecule has 3 unspecified atom stereocenters. The molecule has 1 fully saturated rings. The van der Waals surface area contributed by atoms with Crippen molar-refractivity contribution in [2.24, 2.45) is 11.8 Å². The number of hydrogen-bond donors (Lipinski definition) is 0. The van der Waals surface area contributed by atoms with Gasteiger partial charge in [-0.05, 0) is 60.2 Å². The molecule has 1 amide bonds. The zero-order valence-electron chi connectivity index (χ0n) is 15.8. The van der Waals surface area contributed by atoms with E-state index < -0.39 is 0 Å². The van der Waals surface area contributed by atoms with Gasteiger partial charge in [0.15, 0.2) is 0 Å². The lowest BCUT2D eigenvalue weighted by Gasteiger charge is -2.34. The average Bonchev–Trinajstić information content (AvgIpc) is 3.03. The van der Waals surface area contributed by atoms with Gasteiger partial charge in [0.2, 0.25) is 5.91 Å². The molecule has 28 heavy (non-hydrogen) atoms. The topological polar surface area (TPSA) is 20.3 Å². The highest BCUT2D eigenvalue weighted by atomic mass is 35.5. The minimum Gasteiger partial charge on any atom is -0.312 e. The Hall–Kier alpha value is -2.58. The van der Waals surface area contributed by atoms with E-state index in [1.807, 2.05) is 17.0 Å². The van der Waals surface area contributed by atoms with E-state index in [0.717, 1.165) is 23.7 Å². The molecule has 0 saturated carbocycles. The fourth-order valence-electron chi connectivity index (χ4n) is 4.96. The highest BCUT2D eigenvalue weighted by molar-refractivity contribution is 6.30. The molecule has 2 aliphatic rings. The molecule has 0 spiro atoms. The molecule has 3 aromatic carbocycles. The van der Waals surface area contributed by atoms with Gasteiger partial charge in [-0.1, -0.05) is 65.7 Å². The molecular weight excluding hydrogens is 366 g/mol. The molecule has 0 aromatic heterocycles. The van der Waals surface area contributed by atoms with Crippen molar-refractivity contribution in [3.8, 4) is 0 Å². The van der Waals surface area contributed by atoms with Crippen molar-refractivity contribution in [3.05, 3.63) is 100 Å². The molecule has 1 saturated heterocycles. The summed E-state index contributed by atoms with van der Waals surface area (Å²) in [7, 11) is 0. The van der Waals surface area contributed by atoms with Crippen molar-refractivity contribution in [1.29, 1.82) is 0 Å². The number of amides is 1. The number of anilines is 1. The van der Waals surface area contributed by atoms with Gasteiger partial charge in [-0.2, -0.15) is 0 Å². The van der Waals surface area contributed by atoms with Gasteiger partial charge >= 0.3 is 0 Å². The molecule has 3 aromatic rings. The van der Waals surface area contributed by atoms with Crippen molar-refractivity contribution >= 4 is 23.2 Å². The Morgan fingerprint density at radius 2 is 1.71 bits per heavy atom. The summed E-state index contributed by atoms with van der Waals surface area (Å²) >= 11 is 6.30. The van der Waals surface area contributed by atoms with Crippen LogP contribution in [0.25, 0.3) is 0 Å². The highest BCUT2D eigenvalue weighted by Crippen LogP contribution is 2.48. The summed E-state index contributed by atoms with van der Waals surface area (Å²) in [4.78, 5) is 15.6. The zero-order valence-corrected chi connectivity index (χ0v) is 16.6. The maximum absolute atomic E-state index is 13.6. The van der Waals surface area contributed by atoms with Gasteiger partial charge in [0.25, 0.3) is 0 Å². The lowest BCUT2D eigenvalue weighted by atomic mass is 9.68. The number of carbonyl (C=O) groups excluding carboxylic acids is 1. The second kappa shape index (κ2) is 6.79. The van der Waals surface area contributed by atoms with Gasteiger partial charge in [-0.25, -0.2) is 0 Å². The highest BCUT2D eigenvalue weighted by Gasteiger charge is 2.49. The number of benzene rings is 3. The molecule has 3 atom stereocenters. The molecule has 3 heteroatoms. The molecule has 5 rings (SSSR count). The first-order valence-electron chi connectivity index (χ1n) is 9.83. The predicted octanol–water partition coefficient (Wildman–Crippen LogP) is 5.62. The molecule has 140 valence electrons. The largest absolute Gasteiger partial charge is 0.312 e. The second-order valence-electron chi connectivity index (χ2n) is 8.01. The first-order valence-corrected chi connectivity index (χ1v) is 10.2. The fourth-order valence-corrected chi connectivity index (χ4v) is 5.16. The molecule has 0 radical (unpaired) electrons. The quantitative estimate of drug-likeness (QED) is 0.559. The molecule has 2 nitrogen and oxygen atoms in total. The number of aryl methyl sites for hydroxylation is 1. The van der Waals surface area contributed by atoms with Crippen LogP contribution in [0.15, 0.2) is 72.8 Å². The summed E-state index contributed by atoms with van der Waals surface area (Å²) in [5.41, 5.74) is 5.94. The van der Waals surface area contributed by atoms with Gasteiger partial charge in [0.1, 0.15) is 0 Å². The number of fused-ring (bicyclic) bond motifs is 2. The SMILES string of the molecule is Cc1ccc(N2CC3Cc4cc(Cl)ccc4C(c4ccccc4)C3C2=O)cc1. The summed E-state index contributed by atoms with van der Waals surface area (Å²) in [6.45, 7) is 2.84. The van der Waals surface area contributed by atoms with Crippen molar-refractivity contribution < 1.29 is 4.79 Å². The first-order chi connectivity index (χ1) is 13.6. The number of nitrogens with zero attached hydrogens (tertiary/aromatic N) is 1. The van der Waals surface area contributed by atoms with E-state index in [1.165, 1.54) is 22.3 Å². The monoisotopic (exact) mass is 387 g/mol. The lowest BCUT2D eigenvalue weighted by Crippen LogP contribution is -2.33. The second-order valence-corrected chi connectivity index (χ2v) is 8.44. The molecule has 0 bridgehead atoms. The maximum atomic E-state index is 13.6. The van der Waals surface area contributed by atoms with E-state index in [9.17, 15) is 4.79 Å². The average molecular weight is 388 g/mol. The number of rotatable bonds is 2. The summed E-state index contributed by atoms with van der Waals surface area (Å²) < 4.78 is 0. The predicted molar refractivity (Wildman–Crippen MR) is 114 cm³/mol. The van der Waals surface area contributed by atoms with Crippen LogP contribution in [0.4, 0.5) is 5.69 Å². The summed E-state index contributed by atoms with van der Waals surface area (Å²) in [5, 5.41) is 0.767. The van der Waals surface area contributed by atoms with Crippen LogP contribution in [-0.2, 0) is 11.2 Å². The molecular formula is C25H22ClNO. The minimum atomic E-state index is -0.0302. The summed E-state index contributed by atoms with van der Waals surface area (Å²) in [6.07, 6.45) is 0.901. The van der Waals surface area contributed by atoms with Gasteiger partial charge in [0, 0.05) is 23.2 Å². The lowest BCUT2D eigenvalue weighted by molar-refractivity contribution is -0.121. The third-order valence-electron chi connectivity index (χ3n) is 6.26. The Bertz CT molecular complexity index is 1030. The van der Waals surface area contributed by atoms with Gasteiger partial charge in [0.05, 0.1) is 5.92 Å². The fraction of sp³-hybridized carbons (Fsp3) is 0.240. The van der Waals surface area contributed by atoms with Gasteiger partial charge < -0.3 is 4.90 Å². The van der Waals surface area contributed by atoms with Crippen molar-refractivity contribution in [2.45, 2.75) is 19.3 Å². The summed E-state index contributed by atoms with van der Waals surface area (Å²) in [5.74, 6) is 0.584.